The van der Waals surface area contributed by atoms with Crippen LogP contribution in [-0.4, -0.2) is 48.1 Å². The molecule has 9 heteroatoms. The van der Waals surface area contributed by atoms with Crippen molar-refractivity contribution in [2.75, 3.05) is 25.6 Å². The van der Waals surface area contributed by atoms with Crippen LogP contribution < -0.4 is 24.8 Å². The first-order valence-electron chi connectivity index (χ1n) is 12.4. The summed E-state index contributed by atoms with van der Waals surface area (Å²) in [4.78, 5) is 33.6. The Morgan fingerprint density at radius 3 is 2.78 bits per heavy atom. The van der Waals surface area contributed by atoms with Gasteiger partial charge in [0, 0.05) is 29.2 Å². The number of carbonyl (C=O) groups excluding carboxylic acids is 2. The van der Waals surface area contributed by atoms with Crippen LogP contribution in [0.1, 0.15) is 41.6 Å². The minimum atomic E-state index is -0.216. The predicted molar refractivity (Wildman–Crippen MR) is 133 cm³/mol. The van der Waals surface area contributed by atoms with Gasteiger partial charge in [0.25, 0.3) is 11.8 Å². The largest absolute Gasteiger partial charge is 0.491 e. The second-order valence-corrected chi connectivity index (χ2v) is 9.73. The molecule has 0 bridgehead atoms. The summed E-state index contributed by atoms with van der Waals surface area (Å²) in [7, 11) is 1.62. The maximum absolute atomic E-state index is 12.9. The number of anilines is 1. The number of rotatable bonds is 4. The van der Waals surface area contributed by atoms with Crippen LogP contribution in [0.25, 0.3) is 11.0 Å². The minimum absolute atomic E-state index is 0.00276. The molecule has 0 saturated heterocycles. The van der Waals surface area contributed by atoms with Gasteiger partial charge in [0.05, 0.1) is 36.6 Å². The number of fused-ring (bicyclic) bond motifs is 4. The molecule has 4 heterocycles. The molecule has 0 spiro atoms. The van der Waals surface area contributed by atoms with Gasteiger partial charge in [-0.25, -0.2) is 4.98 Å². The third-order valence-corrected chi connectivity index (χ3v) is 7.53. The second-order valence-electron chi connectivity index (χ2n) is 9.73. The first-order valence-corrected chi connectivity index (χ1v) is 12.4. The van der Waals surface area contributed by atoms with E-state index in [4.69, 9.17) is 14.2 Å². The highest BCUT2D eigenvalue weighted by atomic mass is 16.5. The monoisotopic (exact) mass is 488 g/mol. The van der Waals surface area contributed by atoms with Gasteiger partial charge in [-0.3, -0.25) is 14.6 Å². The number of nitrogens with one attached hydrogen (secondary N) is 2. The Labute approximate surface area is 208 Å². The molecule has 2 aliphatic heterocycles. The highest BCUT2D eigenvalue weighted by molar-refractivity contribution is 6.00. The molecule has 3 aliphatic rings. The van der Waals surface area contributed by atoms with E-state index < -0.39 is 0 Å². The number of benzene rings is 1. The molecule has 1 aliphatic carbocycles. The molecule has 1 atom stereocenters. The molecular formula is C27H28N4O5. The zero-order chi connectivity index (χ0) is 24.6. The van der Waals surface area contributed by atoms with Gasteiger partial charge in [-0.1, -0.05) is 0 Å². The lowest BCUT2D eigenvalue weighted by molar-refractivity contribution is -0.118. The van der Waals surface area contributed by atoms with Crippen molar-refractivity contribution in [3.8, 4) is 17.4 Å². The number of pyridine rings is 2. The standard InChI is InChI=1S/C27H28N4O5/c1-34-25-9-7-20-26(31-25)19-10-17(13-35-23(19)12-28-20)15-2-5-18(6-3-15)29-27(33)16-4-8-22-21(11-16)30-24(32)14-36-22/h4,7-9,11-12,15,17-18H,2-3,5-6,10,13-14H2,1H3,(H,29,33)(H,30,32). The van der Waals surface area contributed by atoms with Gasteiger partial charge < -0.3 is 24.8 Å². The van der Waals surface area contributed by atoms with E-state index in [1.165, 1.54) is 0 Å². The van der Waals surface area contributed by atoms with E-state index in [0.29, 0.717) is 41.3 Å². The molecule has 2 amide bonds. The quantitative estimate of drug-likeness (QED) is 0.578. The van der Waals surface area contributed by atoms with Crippen molar-refractivity contribution in [2.45, 2.75) is 38.1 Å². The van der Waals surface area contributed by atoms with Gasteiger partial charge in [-0.2, -0.15) is 0 Å². The molecule has 2 aromatic heterocycles. The molecule has 36 heavy (non-hydrogen) atoms. The maximum Gasteiger partial charge on any atom is 0.262 e. The molecule has 3 aromatic rings. The third kappa shape index (κ3) is 4.29. The normalized spacial score (nSPS) is 22.9. The average molecular weight is 489 g/mol. The first kappa shape index (κ1) is 22.6. The number of hydrogen-bond acceptors (Lipinski definition) is 7. The fourth-order valence-corrected chi connectivity index (χ4v) is 5.57. The summed E-state index contributed by atoms with van der Waals surface area (Å²) < 4.78 is 16.8. The summed E-state index contributed by atoms with van der Waals surface area (Å²) in [5, 5.41) is 5.93. The fraction of sp³-hybridized carbons (Fsp3) is 0.407. The molecule has 1 unspecified atom stereocenters. The lowest BCUT2D eigenvalue weighted by atomic mass is 9.75. The molecule has 2 N–H and O–H groups in total. The number of amides is 2. The Kier molecular flexibility index (Phi) is 5.83. The van der Waals surface area contributed by atoms with Gasteiger partial charge >= 0.3 is 0 Å². The molecule has 1 saturated carbocycles. The molecule has 1 fully saturated rings. The zero-order valence-corrected chi connectivity index (χ0v) is 20.1. The fourth-order valence-electron chi connectivity index (χ4n) is 5.57. The Morgan fingerprint density at radius 2 is 1.94 bits per heavy atom. The van der Waals surface area contributed by atoms with Crippen molar-refractivity contribution in [1.82, 2.24) is 15.3 Å². The Balaban J connectivity index is 1.09. The van der Waals surface area contributed by atoms with E-state index in [-0.39, 0.29) is 24.5 Å². The van der Waals surface area contributed by atoms with Crippen LogP contribution in [-0.2, 0) is 11.2 Å². The summed E-state index contributed by atoms with van der Waals surface area (Å²) in [5.41, 5.74) is 3.86. The average Bonchev–Trinajstić information content (AvgIpc) is 2.92. The molecular weight excluding hydrogens is 460 g/mol. The Hall–Kier alpha value is -3.88. The SMILES string of the molecule is COc1ccc2ncc3c(c2n1)CC(C1CCC(NC(=O)c2ccc4c(c2)NC(=O)CO4)CC1)CO3. The van der Waals surface area contributed by atoms with Crippen molar-refractivity contribution in [3.63, 3.8) is 0 Å². The Bertz CT molecular complexity index is 1330. The smallest absolute Gasteiger partial charge is 0.262 e. The van der Waals surface area contributed by atoms with E-state index in [9.17, 15) is 9.59 Å². The van der Waals surface area contributed by atoms with Crippen LogP contribution in [0.2, 0.25) is 0 Å². The van der Waals surface area contributed by atoms with Crippen LogP contribution in [0.15, 0.2) is 36.5 Å². The Morgan fingerprint density at radius 1 is 1.08 bits per heavy atom. The predicted octanol–water partition coefficient (Wildman–Crippen LogP) is 3.51. The topological polar surface area (TPSA) is 112 Å². The minimum Gasteiger partial charge on any atom is -0.491 e. The van der Waals surface area contributed by atoms with Gasteiger partial charge in [-0.05, 0) is 62.3 Å². The number of ether oxygens (including phenoxy) is 3. The highest BCUT2D eigenvalue weighted by Crippen LogP contribution is 2.39. The van der Waals surface area contributed by atoms with E-state index >= 15 is 0 Å². The summed E-state index contributed by atoms with van der Waals surface area (Å²) in [5.74, 6) is 2.55. The lowest BCUT2D eigenvalue weighted by Gasteiger charge is -2.36. The van der Waals surface area contributed by atoms with Gasteiger partial charge in [-0.15, -0.1) is 0 Å². The van der Waals surface area contributed by atoms with E-state index in [1.807, 2.05) is 12.1 Å². The second kappa shape index (κ2) is 9.29. The van der Waals surface area contributed by atoms with Crippen molar-refractivity contribution < 1.29 is 23.8 Å². The molecule has 0 radical (unpaired) electrons. The van der Waals surface area contributed by atoms with Crippen LogP contribution in [0.4, 0.5) is 5.69 Å². The highest BCUT2D eigenvalue weighted by Gasteiger charge is 2.33. The number of methoxy groups -OCH3 is 1. The van der Waals surface area contributed by atoms with Crippen molar-refractivity contribution >= 4 is 28.5 Å². The first-order chi connectivity index (χ1) is 17.6. The number of carbonyl (C=O) groups is 2. The molecule has 6 rings (SSSR count). The van der Waals surface area contributed by atoms with Crippen LogP contribution >= 0.6 is 0 Å². The van der Waals surface area contributed by atoms with Gasteiger partial charge in [0.2, 0.25) is 5.88 Å². The van der Waals surface area contributed by atoms with E-state index in [0.717, 1.165) is 54.5 Å². The van der Waals surface area contributed by atoms with Gasteiger partial charge in [0.15, 0.2) is 6.61 Å². The van der Waals surface area contributed by atoms with Crippen molar-refractivity contribution in [1.29, 1.82) is 0 Å². The number of aromatic nitrogens is 2. The van der Waals surface area contributed by atoms with Crippen LogP contribution in [0.3, 0.4) is 0 Å². The van der Waals surface area contributed by atoms with Crippen LogP contribution in [0.5, 0.6) is 17.4 Å². The zero-order valence-electron chi connectivity index (χ0n) is 20.1. The summed E-state index contributed by atoms with van der Waals surface area (Å²) in [6.45, 7) is 0.673. The number of nitrogens with zero attached hydrogens (tertiary/aromatic N) is 2. The summed E-state index contributed by atoms with van der Waals surface area (Å²) in [6.07, 6.45) is 6.61. The van der Waals surface area contributed by atoms with Crippen molar-refractivity contribution in [2.24, 2.45) is 11.8 Å². The van der Waals surface area contributed by atoms with Crippen molar-refractivity contribution in [3.05, 3.63) is 47.7 Å². The lowest BCUT2D eigenvalue weighted by Crippen LogP contribution is -2.40. The molecule has 1 aromatic carbocycles. The van der Waals surface area contributed by atoms with Crippen LogP contribution in [0, 0.1) is 11.8 Å². The summed E-state index contributed by atoms with van der Waals surface area (Å²) >= 11 is 0. The molecule has 9 nitrogen and oxygen atoms in total. The van der Waals surface area contributed by atoms with Gasteiger partial charge in [0.1, 0.15) is 11.5 Å². The van der Waals surface area contributed by atoms with E-state index in [1.54, 1.807) is 31.5 Å². The molecule has 186 valence electrons. The third-order valence-electron chi connectivity index (χ3n) is 7.53. The number of hydrogen-bond donors (Lipinski definition) is 2. The van der Waals surface area contributed by atoms with E-state index in [2.05, 4.69) is 20.6 Å². The summed E-state index contributed by atoms with van der Waals surface area (Å²) in [6, 6.07) is 9.02. The maximum atomic E-state index is 12.9.